The molecule has 0 heterocycles. The summed E-state index contributed by atoms with van der Waals surface area (Å²) in [5.74, 6) is 0. The van der Waals surface area contributed by atoms with Crippen LogP contribution in [-0.2, 0) is 6.42 Å². The average molecular weight is 170 g/mol. The molecule has 0 nitrogen and oxygen atoms in total. The van der Waals surface area contributed by atoms with Crippen LogP contribution in [0.3, 0.4) is 0 Å². The third-order valence-corrected chi connectivity index (χ3v) is 1.81. The van der Waals surface area contributed by atoms with Gasteiger partial charge in [-0.1, -0.05) is 37.6 Å². The topological polar surface area (TPSA) is 0 Å². The van der Waals surface area contributed by atoms with E-state index in [1.807, 2.05) is 6.92 Å². The van der Waals surface area contributed by atoms with E-state index in [0.29, 0.717) is 0 Å². The van der Waals surface area contributed by atoms with Crippen LogP contribution >= 0.6 is 0 Å². The minimum atomic E-state index is -2.34. The van der Waals surface area contributed by atoms with Gasteiger partial charge >= 0.3 is 0 Å². The maximum absolute atomic E-state index is 12.4. The Morgan fingerprint density at radius 3 is 2.50 bits per heavy atom. The van der Waals surface area contributed by atoms with E-state index in [9.17, 15) is 8.78 Å². The maximum Gasteiger partial charge on any atom is 0.264 e. The second-order valence-corrected chi connectivity index (χ2v) is 2.75. The van der Waals surface area contributed by atoms with E-state index >= 15 is 0 Å². The molecule has 0 N–H and O–H groups in total. The van der Waals surface area contributed by atoms with Crippen molar-refractivity contribution in [3.05, 3.63) is 35.4 Å². The molecule has 0 saturated carbocycles. The van der Waals surface area contributed by atoms with E-state index in [2.05, 4.69) is 0 Å². The summed E-state index contributed by atoms with van der Waals surface area (Å²) in [5.41, 5.74) is 0.953. The fourth-order valence-corrected chi connectivity index (χ4v) is 1.24. The molecule has 1 aromatic rings. The first-order valence-electron chi connectivity index (χ1n) is 4.11. The van der Waals surface area contributed by atoms with Crippen LogP contribution in [0.4, 0.5) is 8.78 Å². The molecule has 1 aromatic carbocycles. The Kier molecular flexibility index (Phi) is 3.20. The van der Waals surface area contributed by atoms with Crippen molar-refractivity contribution in [1.82, 2.24) is 0 Å². The number of benzene rings is 1. The molecule has 0 amide bonds. The molecule has 0 aliphatic heterocycles. The third-order valence-electron chi connectivity index (χ3n) is 1.81. The van der Waals surface area contributed by atoms with Gasteiger partial charge in [-0.15, -0.1) is 0 Å². The van der Waals surface area contributed by atoms with Gasteiger partial charge in [0, 0.05) is 5.56 Å². The highest BCUT2D eigenvalue weighted by molar-refractivity contribution is 5.28. The predicted octanol–water partition coefficient (Wildman–Crippen LogP) is 3.58. The first kappa shape index (κ1) is 9.17. The summed E-state index contributed by atoms with van der Waals surface area (Å²) in [6.45, 7) is 1.99. The molecule has 0 atom stereocenters. The summed E-state index contributed by atoms with van der Waals surface area (Å²) in [5, 5.41) is 0. The number of aryl methyl sites for hydroxylation is 1. The number of hydrogen-bond donors (Lipinski definition) is 0. The van der Waals surface area contributed by atoms with Crippen LogP contribution in [0.25, 0.3) is 0 Å². The van der Waals surface area contributed by atoms with Crippen molar-refractivity contribution in [2.24, 2.45) is 0 Å². The lowest BCUT2D eigenvalue weighted by Gasteiger charge is -2.06. The molecule has 0 radical (unpaired) electrons. The quantitative estimate of drug-likeness (QED) is 0.650. The van der Waals surface area contributed by atoms with Crippen molar-refractivity contribution < 1.29 is 8.78 Å². The fraction of sp³-hybridized carbons (Fsp3) is 0.400. The number of halogens is 2. The summed E-state index contributed by atoms with van der Waals surface area (Å²) in [7, 11) is 0. The Bertz CT molecular complexity index is 243. The van der Waals surface area contributed by atoms with Gasteiger partial charge in [0.15, 0.2) is 0 Å². The largest absolute Gasteiger partial charge is 0.264 e. The highest BCUT2D eigenvalue weighted by Crippen LogP contribution is 2.23. The van der Waals surface area contributed by atoms with Crippen molar-refractivity contribution in [2.75, 3.05) is 0 Å². The van der Waals surface area contributed by atoms with Crippen LogP contribution in [0, 0.1) is 0 Å². The first-order chi connectivity index (χ1) is 5.75. The molecule has 0 bridgehead atoms. The molecule has 0 aromatic heterocycles. The van der Waals surface area contributed by atoms with Gasteiger partial charge in [0.25, 0.3) is 6.43 Å². The van der Waals surface area contributed by atoms with Crippen LogP contribution < -0.4 is 0 Å². The van der Waals surface area contributed by atoms with Crippen LogP contribution in [0.1, 0.15) is 30.9 Å². The molecule has 12 heavy (non-hydrogen) atoms. The average Bonchev–Trinajstić information content (AvgIpc) is 2.05. The Morgan fingerprint density at radius 1 is 1.25 bits per heavy atom. The molecular weight excluding hydrogens is 158 g/mol. The standard InChI is InChI=1S/C10H12F2/c1-2-5-8-6-3-4-7-9(8)10(11)12/h3-4,6-7,10H,2,5H2,1H3. The second kappa shape index (κ2) is 4.19. The Morgan fingerprint density at radius 2 is 1.92 bits per heavy atom. The van der Waals surface area contributed by atoms with Crippen molar-refractivity contribution in [2.45, 2.75) is 26.2 Å². The Balaban J connectivity index is 2.92. The van der Waals surface area contributed by atoms with Crippen molar-refractivity contribution >= 4 is 0 Å². The summed E-state index contributed by atoms with van der Waals surface area (Å²) in [4.78, 5) is 0. The van der Waals surface area contributed by atoms with Crippen LogP contribution in [0.15, 0.2) is 24.3 Å². The van der Waals surface area contributed by atoms with Crippen LogP contribution in [0.2, 0.25) is 0 Å². The highest BCUT2D eigenvalue weighted by atomic mass is 19.3. The van der Waals surface area contributed by atoms with Gasteiger partial charge in [-0.3, -0.25) is 0 Å². The van der Waals surface area contributed by atoms with Gasteiger partial charge in [-0.2, -0.15) is 0 Å². The zero-order chi connectivity index (χ0) is 8.97. The normalized spacial score (nSPS) is 10.7. The fourth-order valence-electron chi connectivity index (χ4n) is 1.24. The molecule has 0 spiro atoms. The highest BCUT2D eigenvalue weighted by Gasteiger charge is 2.10. The molecule has 0 aliphatic rings. The molecule has 66 valence electrons. The van der Waals surface area contributed by atoms with Crippen molar-refractivity contribution in [1.29, 1.82) is 0 Å². The lowest BCUT2D eigenvalue weighted by Crippen LogP contribution is -1.93. The summed E-state index contributed by atoms with van der Waals surface area (Å²) < 4.78 is 24.7. The van der Waals surface area contributed by atoms with Gasteiger partial charge < -0.3 is 0 Å². The second-order valence-electron chi connectivity index (χ2n) is 2.75. The summed E-state index contributed by atoms with van der Waals surface area (Å²) in [6.07, 6.45) is -0.697. The number of rotatable bonds is 3. The van der Waals surface area contributed by atoms with Crippen molar-refractivity contribution in [3.8, 4) is 0 Å². The van der Waals surface area contributed by atoms with E-state index in [-0.39, 0.29) is 5.56 Å². The van der Waals surface area contributed by atoms with E-state index in [1.165, 1.54) is 6.07 Å². The number of alkyl halides is 2. The van der Waals surface area contributed by atoms with Gasteiger partial charge in [-0.25, -0.2) is 8.78 Å². The van der Waals surface area contributed by atoms with Gasteiger partial charge in [0.05, 0.1) is 0 Å². The minimum Gasteiger partial charge on any atom is -0.205 e. The lowest BCUT2D eigenvalue weighted by atomic mass is 10.0. The maximum atomic E-state index is 12.4. The molecule has 0 fully saturated rings. The molecule has 0 aliphatic carbocycles. The summed E-state index contributed by atoms with van der Waals surface area (Å²) in [6, 6.07) is 6.72. The van der Waals surface area contributed by atoms with E-state index in [4.69, 9.17) is 0 Å². The van der Waals surface area contributed by atoms with Gasteiger partial charge in [-0.05, 0) is 12.0 Å². The predicted molar refractivity (Wildman–Crippen MR) is 45.4 cm³/mol. The zero-order valence-corrected chi connectivity index (χ0v) is 7.06. The monoisotopic (exact) mass is 170 g/mol. The molecule has 1 rings (SSSR count). The van der Waals surface area contributed by atoms with E-state index < -0.39 is 6.43 Å². The minimum absolute atomic E-state index is 0.180. The Hall–Kier alpha value is -0.920. The van der Waals surface area contributed by atoms with E-state index in [0.717, 1.165) is 18.4 Å². The zero-order valence-electron chi connectivity index (χ0n) is 7.06. The van der Waals surface area contributed by atoms with Crippen LogP contribution in [0.5, 0.6) is 0 Å². The first-order valence-corrected chi connectivity index (χ1v) is 4.11. The number of hydrogen-bond acceptors (Lipinski definition) is 0. The molecule has 0 unspecified atom stereocenters. The smallest absolute Gasteiger partial charge is 0.205 e. The third kappa shape index (κ3) is 2.03. The van der Waals surface area contributed by atoms with Gasteiger partial charge in [0.1, 0.15) is 0 Å². The molecular formula is C10H12F2. The molecule has 2 heteroatoms. The lowest BCUT2D eigenvalue weighted by molar-refractivity contribution is 0.150. The SMILES string of the molecule is CCCc1ccccc1C(F)F. The molecule has 0 saturated heterocycles. The van der Waals surface area contributed by atoms with Gasteiger partial charge in [0.2, 0.25) is 0 Å². The van der Waals surface area contributed by atoms with Crippen LogP contribution in [-0.4, -0.2) is 0 Å². The summed E-state index contributed by atoms with van der Waals surface area (Å²) >= 11 is 0. The van der Waals surface area contributed by atoms with E-state index in [1.54, 1.807) is 18.2 Å². The van der Waals surface area contributed by atoms with Crippen molar-refractivity contribution in [3.63, 3.8) is 0 Å². The Labute approximate surface area is 71.2 Å².